The number of esters is 1. The first-order valence-corrected chi connectivity index (χ1v) is 12.2. The van der Waals surface area contributed by atoms with Crippen LogP contribution >= 0.6 is 0 Å². The molecule has 8 nitrogen and oxygen atoms in total. The van der Waals surface area contributed by atoms with E-state index in [1.165, 1.54) is 18.2 Å². The molecule has 1 aliphatic heterocycles. The number of para-hydroxylation sites is 2. The van der Waals surface area contributed by atoms with E-state index >= 15 is 0 Å². The zero-order valence-electron chi connectivity index (χ0n) is 21.8. The van der Waals surface area contributed by atoms with Gasteiger partial charge in [-0.25, -0.2) is 9.18 Å². The molecule has 198 valence electrons. The number of anilines is 2. The minimum absolute atomic E-state index is 0.172. The second-order valence-corrected chi connectivity index (χ2v) is 9.96. The maximum absolute atomic E-state index is 14.9. The number of hydrogen-bond donors (Lipinski definition) is 2. The highest BCUT2D eigenvalue weighted by Crippen LogP contribution is 2.34. The molecular weight excluding hydrogens is 477 g/mol. The molecule has 2 aromatic rings. The van der Waals surface area contributed by atoms with E-state index in [2.05, 4.69) is 10.6 Å². The minimum Gasteiger partial charge on any atom is -0.466 e. The summed E-state index contributed by atoms with van der Waals surface area (Å²) >= 11 is 0. The third-order valence-corrected chi connectivity index (χ3v) is 5.78. The van der Waals surface area contributed by atoms with Gasteiger partial charge in [-0.3, -0.25) is 14.9 Å². The van der Waals surface area contributed by atoms with Crippen LogP contribution in [0.15, 0.2) is 48.5 Å². The minimum atomic E-state index is -0.669. The molecule has 1 aliphatic rings. The first-order chi connectivity index (χ1) is 17.5. The molecule has 2 amide bonds. The Kier molecular flexibility index (Phi) is 9.04. The summed E-state index contributed by atoms with van der Waals surface area (Å²) in [6.45, 7) is 8.49. The summed E-state index contributed by atoms with van der Waals surface area (Å²) in [5.74, 6) is -1.80. The van der Waals surface area contributed by atoms with Gasteiger partial charge in [0, 0.05) is 30.6 Å². The quantitative estimate of drug-likeness (QED) is 0.400. The van der Waals surface area contributed by atoms with Crippen molar-refractivity contribution in [3.63, 3.8) is 0 Å². The maximum Gasteiger partial charge on any atom is 0.412 e. The largest absolute Gasteiger partial charge is 0.466 e. The molecule has 0 aliphatic carbocycles. The average molecular weight is 512 g/mol. The third-order valence-electron chi connectivity index (χ3n) is 5.78. The number of nitrogens with one attached hydrogen (secondary N) is 2. The van der Waals surface area contributed by atoms with E-state index in [1.807, 2.05) is 11.9 Å². The highest BCUT2D eigenvalue weighted by atomic mass is 19.1. The molecule has 2 unspecified atom stereocenters. The lowest BCUT2D eigenvalue weighted by atomic mass is 9.88. The number of likely N-dealkylation sites (tertiary alicyclic amines) is 1. The fourth-order valence-corrected chi connectivity index (χ4v) is 4.19. The van der Waals surface area contributed by atoms with Crippen LogP contribution in [0.25, 0.3) is 6.08 Å². The number of nitrogens with zero attached hydrogens (tertiary/aromatic N) is 1. The van der Waals surface area contributed by atoms with Crippen molar-refractivity contribution in [2.24, 2.45) is 5.92 Å². The SMILES string of the molecule is CCOC(=O)C1CN(C)CC1c1ccc(C=CC(=O)Nc2ccccc2NC(=O)OC(C)(C)C)c(F)c1. The number of likely N-dealkylation sites (N-methyl/N-ethyl adjacent to an activating group) is 1. The van der Waals surface area contributed by atoms with Crippen LogP contribution < -0.4 is 10.6 Å². The van der Waals surface area contributed by atoms with Crippen molar-refractivity contribution in [1.29, 1.82) is 0 Å². The zero-order valence-corrected chi connectivity index (χ0v) is 21.8. The van der Waals surface area contributed by atoms with Gasteiger partial charge in [-0.15, -0.1) is 0 Å². The van der Waals surface area contributed by atoms with Crippen molar-refractivity contribution in [1.82, 2.24) is 4.90 Å². The number of hydrogen-bond acceptors (Lipinski definition) is 6. The molecule has 0 aromatic heterocycles. The molecule has 0 saturated carbocycles. The Morgan fingerprint density at radius 3 is 2.38 bits per heavy atom. The number of amides is 2. The Balaban J connectivity index is 1.68. The Morgan fingerprint density at radius 2 is 1.76 bits per heavy atom. The summed E-state index contributed by atoms with van der Waals surface area (Å²) in [4.78, 5) is 39.0. The topological polar surface area (TPSA) is 97.0 Å². The van der Waals surface area contributed by atoms with Gasteiger partial charge in [0.25, 0.3) is 0 Å². The molecule has 3 rings (SSSR count). The summed E-state index contributed by atoms with van der Waals surface area (Å²) in [6.07, 6.45) is 1.94. The Morgan fingerprint density at radius 1 is 1.08 bits per heavy atom. The van der Waals surface area contributed by atoms with Gasteiger partial charge in [0.2, 0.25) is 5.91 Å². The fourth-order valence-electron chi connectivity index (χ4n) is 4.19. The first kappa shape index (κ1) is 27.9. The summed E-state index contributed by atoms with van der Waals surface area (Å²) in [6, 6.07) is 11.5. The van der Waals surface area contributed by atoms with Crippen LogP contribution in [-0.2, 0) is 19.1 Å². The van der Waals surface area contributed by atoms with Gasteiger partial charge in [0.05, 0.1) is 23.9 Å². The lowest BCUT2D eigenvalue weighted by Crippen LogP contribution is -2.27. The van der Waals surface area contributed by atoms with Crippen LogP contribution in [0.3, 0.4) is 0 Å². The van der Waals surface area contributed by atoms with Gasteiger partial charge in [-0.2, -0.15) is 0 Å². The van der Waals surface area contributed by atoms with Gasteiger partial charge >= 0.3 is 12.1 Å². The summed E-state index contributed by atoms with van der Waals surface area (Å²) in [7, 11) is 1.92. The van der Waals surface area contributed by atoms with E-state index < -0.39 is 23.4 Å². The first-order valence-electron chi connectivity index (χ1n) is 12.2. The van der Waals surface area contributed by atoms with E-state index in [4.69, 9.17) is 9.47 Å². The van der Waals surface area contributed by atoms with Crippen molar-refractivity contribution in [2.45, 2.75) is 39.2 Å². The molecule has 0 radical (unpaired) electrons. The molecule has 0 bridgehead atoms. The number of rotatable bonds is 7. The third kappa shape index (κ3) is 7.88. The van der Waals surface area contributed by atoms with Gasteiger partial charge in [-0.05, 0) is 64.6 Å². The maximum atomic E-state index is 14.9. The molecule has 37 heavy (non-hydrogen) atoms. The summed E-state index contributed by atoms with van der Waals surface area (Å²) in [5, 5.41) is 5.30. The molecule has 1 saturated heterocycles. The van der Waals surface area contributed by atoms with Crippen molar-refractivity contribution in [2.75, 3.05) is 37.4 Å². The average Bonchev–Trinajstić information content (AvgIpc) is 3.20. The molecule has 2 N–H and O–H groups in total. The predicted octanol–water partition coefficient (Wildman–Crippen LogP) is 5.03. The number of benzene rings is 2. The molecule has 0 spiro atoms. The molecule has 2 aromatic carbocycles. The zero-order chi connectivity index (χ0) is 27.2. The van der Waals surface area contributed by atoms with Gasteiger partial charge in [0.1, 0.15) is 11.4 Å². The second kappa shape index (κ2) is 12.0. The normalized spacial score (nSPS) is 18.0. The summed E-state index contributed by atoms with van der Waals surface area (Å²) < 4.78 is 25.4. The fraction of sp³-hybridized carbons (Fsp3) is 0.393. The van der Waals surface area contributed by atoms with E-state index in [-0.39, 0.29) is 23.4 Å². The van der Waals surface area contributed by atoms with Crippen LogP contribution in [-0.4, -0.2) is 55.2 Å². The van der Waals surface area contributed by atoms with E-state index in [1.54, 1.807) is 64.1 Å². The van der Waals surface area contributed by atoms with E-state index in [9.17, 15) is 18.8 Å². The van der Waals surface area contributed by atoms with Crippen molar-refractivity contribution < 1.29 is 28.2 Å². The molecule has 9 heteroatoms. The van der Waals surface area contributed by atoms with Gasteiger partial charge in [-0.1, -0.05) is 24.3 Å². The van der Waals surface area contributed by atoms with Crippen LogP contribution in [0.5, 0.6) is 0 Å². The summed E-state index contributed by atoms with van der Waals surface area (Å²) in [5.41, 5.74) is 1.01. The van der Waals surface area contributed by atoms with E-state index in [0.29, 0.717) is 36.6 Å². The monoisotopic (exact) mass is 511 g/mol. The van der Waals surface area contributed by atoms with Gasteiger partial charge in [0.15, 0.2) is 0 Å². The molecule has 1 fully saturated rings. The Labute approximate surface area is 216 Å². The standard InChI is InChI=1S/C28H34FN3O5/c1-6-36-26(34)21-17-32(5)16-20(21)19-12-11-18(22(29)15-19)13-14-25(33)30-23-9-7-8-10-24(23)31-27(35)37-28(2,3)4/h7-15,20-21H,6,16-17H2,1-5H3,(H,30,33)(H,31,35). The highest BCUT2D eigenvalue weighted by molar-refractivity contribution is 6.05. The highest BCUT2D eigenvalue weighted by Gasteiger charge is 2.38. The van der Waals surface area contributed by atoms with Crippen LogP contribution in [0.2, 0.25) is 0 Å². The van der Waals surface area contributed by atoms with Gasteiger partial charge < -0.3 is 19.7 Å². The molecule has 1 heterocycles. The van der Waals surface area contributed by atoms with Crippen molar-refractivity contribution >= 4 is 35.4 Å². The number of halogens is 1. The number of carbonyl (C=O) groups is 3. The Bertz CT molecular complexity index is 1170. The van der Waals surface area contributed by atoms with Crippen LogP contribution in [0.4, 0.5) is 20.6 Å². The lowest BCUT2D eigenvalue weighted by molar-refractivity contribution is -0.148. The Hall–Kier alpha value is -3.72. The van der Waals surface area contributed by atoms with Crippen molar-refractivity contribution in [3.8, 4) is 0 Å². The number of carbonyl (C=O) groups excluding carboxylic acids is 3. The predicted molar refractivity (Wildman–Crippen MR) is 141 cm³/mol. The number of ether oxygens (including phenoxy) is 2. The molecule has 2 atom stereocenters. The van der Waals surface area contributed by atoms with Crippen molar-refractivity contribution in [3.05, 3.63) is 65.5 Å². The molecular formula is C28H34FN3O5. The van der Waals surface area contributed by atoms with Crippen LogP contribution in [0.1, 0.15) is 44.7 Å². The lowest BCUT2D eigenvalue weighted by Gasteiger charge is -2.20. The smallest absolute Gasteiger partial charge is 0.412 e. The van der Waals surface area contributed by atoms with Crippen LogP contribution in [0, 0.1) is 11.7 Å². The second-order valence-electron chi connectivity index (χ2n) is 9.96. The van der Waals surface area contributed by atoms with E-state index in [0.717, 1.165) is 0 Å².